The largest absolute Gasteiger partial charge is 0.324 e. The van der Waals surface area contributed by atoms with Gasteiger partial charge in [0.1, 0.15) is 5.03 Å². The lowest BCUT2D eigenvalue weighted by Crippen LogP contribution is -2.14. The minimum absolute atomic E-state index is 0.136. The molecule has 0 aliphatic heterocycles. The van der Waals surface area contributed by atoms with Crippen LogP contribution in [0.1, 0.15) is 5.56 Å². The van der Waals surface area contributed by atoms with Crippen molar-refractivity contribution in [1.82, 2.24) is 10.2 Å². The Morgan fingerprint density at radius 2 is 1.80 bits per heavy atom. The summed E-state index contributed by atoms with van der Waals surface area (Å²) in [6.07, 6.45) is 0. The molecular formula is C19H16ClN3OS. The maximum atomic E-state index is 12.0. The number of hydrogen-bond donors (Lipinski definition) is 1. The van der Waals surface area contributed by atoms with E-state index >= 15 is 0 Å². The lowest BCUT2D eigenvalue weighted by Gasteiger charge is -2.07. The zero-order valence-electron chi connectivity index (χ0n) is 13.6. The molecule has 0 spiro atoms. The van der Waals surface area contributed by atoms with Gasteiger partial charge in [-0.25, -0.2) is 0 Å². The summed E-state index contributed by atoms with van der Waals surface area (Å²) in [5.41, 5.74) is 3.64. The molecule has 4 nitrogen and oxygen atoms in total. The van der Waals surface area contributed by atoms with Crippen molar-refractivity contribution in [2.24, 2.45) is 0 Å². The fourth-order valence-corrected chi connectivity index (χ4v) is 3.09. The second-order valence-electron chi connectivity index (χ2n) is 5.39. The molecule has 0 saturated heterocycles. The van der Waals surface area contributed by atoms with Crippen LogP contribution in [0.15, 0.2) is 65.7 Å². The number of benzene rings is 2. The molecule has 3 aromatic rings. The molecule has 1 N–H and O–H groups in total. The first-order valence-corrected chi connectivity index (χ1v) is 9.07. The SMILES string of the molecule is Cc1ccccc1-c1ccc(SCC(=O)Nc2ccccc2Cl)nn1. The van der Waals surface area contributed by atoms with E-state index in [2.05, 4.69) is 15.5 Å². The van der Waals surface area contributed by atoms with E-state index in [0.717, 1.165) is 16.8 Å². The van der Waals surface area contributed by atoms with Crippen molar-refractivity contribution in [3.63, 3.8) is 0 Å². The molecule has 1 aromatic heterocycles. The molecular weight excluding hydrogens is 354 g/mol. The third-order valence-corrected chi connectivity index (χ3v) is 4.81. The van der Waals surface area contributed by atoms with Crippen LogP contribution in [-0.2, 0) is 4.79 Å². The average molecular weight is 370 g/mol. The summed E-state index contributed by atoms with van der Waals surface area (Å²) in [5, 5.41) is 12.5. The topological polar surface area (TPSA) is 54.9 Å². The van der Waals surface area contributed by atoms with Gasteiger partial charge in [0.25, 0.3) is 0 Å². The van der Waals surface area contributed by atoms with E-state index in [0.29, 0.717) is 15.7 Å². The van der Waals surface area contributed by atoms with Crippen LogP contribution in [0.2, 0.25) is 5.02 Å². The van der Waals surface area contributed by atoms with Gasteiger partial charge in [0.15, 0.2) is 0 Å². The fraction of sp³-hybridized carbons (Fsp3) is 0.105. The van der Waals surface area contributed by atoms with Crippen molar-refractivity contribution < 1.29 is 4.79 Å². The molecule has 0 aliphatic rings. The van der Waals surface area contributed by atoms with Crippen LogP contribution in [-0.4, -0.2) is 21.9 Å². The lowest BCUT2D eigenvalue weighted by molar-refractivity contribution is -0.113. The van der Waals surface area contributed by atoms with E-state index in [1.165, 1.54) is 11.8 Å². The summed E-state index contributed by atoms with van der Waals surface area (Å²) >= 11 is 7.36. The van der Waals surface area contributed by atoms with E-state index in [1.807, 2.05) is 55.5 Å². The van der Waals surface area contributed by atoms with E-state index in [1.54, 1.807) is 12.1 Å². The molecule has 0 radical (unpaired) electrons. The van der Waals surface area contributed by atoms with Gasteiger partial charge in [-0.15, -0.1) is 10.2 Å². The quantitative estimate of drug-likeness (QED) is 0.654. The highest BCUT2D eigenvalue weighted by molar-refractivity contribution is 7.99. The van der Waals surface area contributed by atoms with Crippen LogP contribution in [0.3, 0.4) is 0 Å². The van der Waals surface area contributed by atoms with Crippen molar-refractivity contribution in [2.45, 2.75) is 11.9 Å². The molecule has 0 bridgehead atoms. The number of para-hydroxylation sites is 1. The number of carbonyl (C=O) groups excluding carboxylic acids is 1. The van der Waals surface area contributed by atoms with Gasteiger partial charge in [-0.2, -0.15) is 0 Å². The molecule has 0 atom stereocenters. The Morgan fingerprint density at radius 1 is 1.04 bits per heavy atom. The number of carbonyl (C=O) groups is 1. The van der Waals surface area contributed by atoms with Crippen molar-refractivity contribution >= 4 is 35.0 Å². The summed E-state index contributed by atoms with van der Waals surface area (Å²) in [4.78, 5) is 12.0. The molecule has 3 rings (SSSR count). The minimum atomic E-state index is -0.136. The van der Waals surface area contributed by atoms with E-state index in [9.17, 15) is 4.79 Å². The van der Waals surface area contributed by atoms with Gasteiger partial charge in [-0.05, 0) is 36.8 Å². The smallest absolute Gasteiger partial charge is 0.234 e. The highest BCUT2D eigenvalue weighted by Gasteiger charge is 2.08. The predicted octanol–water partition coefficient (Wildman–Crippen LogP) is 4.84. The van der Waals surface area contributed by atoms with Crippen molar-refractivity contribution in [3.05, 3.63) is 71.2 Å². The second kappa shape index (κ2) is 8.14. The van der Waals surface area contributed by atoms with Gasteiger partial charge < -0.3 is 5.32 Å². The van der Waals surface area contributed by atoms with E-state index in [-0.39, 0.29) is 11.7 Å². The molecule has 6 heteroatoms. The molecule has 0 fully saturated rings. The predicted molar refractivity (Wildman–Crippen MR) is 103 cm³/mol. The van der Waals surface area contributed by atoms with E-state index < -0.39 is 0 Å². The van der Waals surface area contributed by atoms with Gasteiger partial charge in [-0.1, -0.05) is 59.8 Å². The van der Waals surface area contributed by atoms with Crippen molar-refractivity contribution in [3.8, 4) is 11.3 Å². The average Bonchev–Trinajstić information content (AvgIpc) is 2.63. The highest BCUT2D eigenvalue weighted by Crippen LogP contribution is 2.23. The Bertz CT molecular complexity index is 884. The number of nitrogens with zero attached hydrogens (tertiary/aromatic N) is 2. The molecule has 2 aromatic carbocycles. The Labute approximate surface area is 155 Å². The Kier molecular flexibility index (Phi) is 5.68. The summed E-state index contributed by atoms with van der Waals surface area (Å²) in [5.74, 6) is 0.103. The molecule has 25 heavy (non-hydrogen) atoms. The summed E-state index contributed by atoms with van der Waals surface area (Å²) in [6, 6.07) is 19.0. The maximum absolute atomic E-state index is 12.0. The number of anilines is 1. The minimum Gasteiger partial charge on any atom is -0.324 e. The number of rotatable bonds is 5. The Balaban J connectivity index is 1.60. The first kappa shape index (κ1) is 17.5. The number of aromatic nitrogens is 2. The first-order valence-electron chi connectivity index (χ1n) is 7.70. The van der Waals surface area contributed by atoms with Crippen LogP contribution >= 0.6 is 23.4 Å². The molecule has 0 unspecified atom stereocenters. The molecule has 0 saturated carbocycles. The summed E-state index contributed by atoms with van der Waals surface area (Å²) in [7, 11) is 0. The Morgan fingerprint density at radius 3 is 2.52 bits per heavy atom. The fourth-order valence-electron chi connectivity index (χ4n) is 2.29. The highest BCUT2D eigenvalue weighted by atomic mass is 35.5. The molecule has 126 valence electrons. The van der Waals surface area contributed by atoms with Crippen LogP contribution in [0.25, 0.3) is 11.3 Å². The van der Waals surface area contributed by atoms with Crippen LogP contribution in [0.5, 0.6) is 0 Å². The number of aryl methyl sites for hydroxylation is 1. The number of halogens is 1. The number of thioether (sulfide) groups is 1. The van der Waals surface area contributed by atoms with Crippen molar-refractivity contribution in [1.29, 1.82) is 0 Å². The third-order valence-electron chi connectivity index (χ3n) is 3.56. The molecule has 1 amide bonds. The normalized spacial score (nSPS) is 10.5. The number of nitrogens with one attached hydrogen (secondary N) is 1. The summed E-state index contributed by atoms with van der Waals surface area (Å²) < 4.78 is 0. The maximum Gasteiger partial charge on any atom is 0.234 e. The second-order valence-corrected chi connectivity index (χ2v) is 6.79. The van der Waals surface area contributed by atoms with Gasteiger partial charge in [-0.3, -0.25) is 4.79 Å². The van der Waals surface area contributed by atoms with Crippen LogP contribution in [0, 0.1) is 6.92 Å². The van der Waals surface area contributed by atoms with Crippen molar-refractivity contribution in [2.75, 3.05) is 11.1 Å². The summed E-state index contributed by atoms with van der Waals surface area (Å²) in [6.45, 7) is 2.04. The van der Waals surface area contributed by atoms with E-state index in [4.69, 9.17) is 11.6 Å². The van der Waals surface area contributed by atoms with Gasteiger partial charge in [0.2, 0.25) is 5.91 Å². The lowest BCUT2D eigenvalue weighted by atomic mass is 10.1. The number of hydrogen-bond acceptors (Lipinski definition) is 4. The van der Waals surface area contributed by atoms with Crippen LogP contribution in [0.4, 0.5) is 5.69 Å². The van der Waals surface area contributed by atoms with Gasteiger partial charge >= 0.3 is 0 Å². The molecule has 1 heterocycles. The Hall–Kier alpha value is -2.37. The molecule has 0 aliphatic carbocycles. The zero-order valence-corrected chi connectivity index (χ0v) is 15.1. The standard InChI is InChI=1S/C19H16ClN3OS/c1-13-6-2-3-7-14(13)16-10-11-19(23-22-16)25-12-18(24)21-17-9-5-4-8-15(17)20/h2-11H,12H2,1H3,(H,21,24). The van der Waals surface area contributed by atoms with Crippen LogP contribution < -0.4 is 5.32 Å². The van der Waals surface area contributed by atoms with Gasteiger partial charge in [0.05, 0.1) is 22.2 Å². The first-order chi connectivity index (χ1) is 12.1. The zero-order chi connectivity index (χ0) is 17.6. The monoisotopic (exact) mass is 369 g/mol. The number of amides is 1. The third kappa shape index (κ3) is 4.59. The van der Waals surface area contributed by atoms with Gasteiger partial charge in [0, 0.05) is 5.56 Å².